The number of aryl methyl sites for hydroxylation is 2. The normalized spacial score (nSPS) is 12.6. The van der Waals surface area contributed by atoms with Gasteiger partial charge in [-0.1, -0.05) is 37.3 Å². The molecule has 18 heavy (non-hydrogen) atoms. The zero-order valence-corrected chi connectivity index (χ0v) is 11.7. The fourth-order valence-corrected chi connectivity index (χ4v) is 3.30. The molecular weight excluding hydrogens is 238 g/mol. The smallest absolute Gasteiger partial charge is 0.0392 e. The second-order valence-electron chi connectivity index (χ2n) is 4.65. The first-order chi connectivity index (χ1) is 8.81. The molecule has 0 aliphatic heterocycles. The standard InChI is InChI=1S/C16H21NS/c1-2-14-11-12-18-16(14)15(17)10-6-9-13-7-4-3-5-8-13/h3-5,7-8,11-12,15H,2,6,9-10,17H2,1H3. The summed E-state index contributed by atoms with van der Waals surface area (Å²) < 4.78 is 0. The molecule has 1 nitrogen and oxygen atoms in total. The van der Waals surface area contributed by atoms with Crippen LogP contribution in [0, 0.1) is 0 Å². The van der Waals surface area contributed by atoms with Gasteiger partial charge in [0.05, 0.1) is 0 Å². The Bertz CT molecular complexity index is 461. The van der Waals surface area contributed by atoms with E-state index in [1.807, 2.05) is 0 Å². The summed E-state index contributed by atoms with van der Waals surface area (Å²) in [5.41, 5.74) is 9.12. The molecule has 1 unspecified atom stereocenters. The van der Waals surface area contributed by atoms with E-state index in [1.54, 1.807) is 11.3 Å². The number of benzene rings is 1. The zero-order valence-electron chi connectivity index (χ0n) is 10.9. The molecule has 96 valence electrons. The minimum Gasteiger partial charge on any atom is -0.323 e. The van der Waals surface area contributed by atoms with Crippen LogP contribution < -0.4 is 5.73 Å². The maximum absolute atomic E-state index is 6.29. The average molecular weight is 259 g/mol. The summed E-state index contributed by atoms with van der Waals surface area (Å²) in [7, 11) is 0. The third-order valence-corrected chi connectivity index (χ3v) is 4.41. The Morgan fingerprint density at radius 1 is 1.17 bits per heavy atom. The third kappa shape index (κ3) is 3.44. The Labute approximate surface area is 114 Å². The van der Waals surface area contributed by atoms with Gasteiger partial charge in [0.2, 0.25) is 0 Å². The average Bonchev–Trinajstić information content (AvgIpc) is 2.88. The molecule has 0 saturated heterocycles. The van der Waals surface area contributed by atoms with Crippen molar-refractivity contribution in [3.63, 3.8) is 0 Å². The molecule has 2 heteroatoms. The Kier molecular flexibility index (Phi) is 4.97. The SMILES string of the molecule is CCc1ccsc1C(N)CCCc1ccccc1. The van der Waals surface area contributed by atoms with E-state index in [1.165, 1.54) is 16.0 Å². The highest BCUT2D eigenvalue weighted by atomic mass is 32.1. The minimum atomic E-state index is 0.212. The van der Waals surface area contributed by atoms with Crippen molar-refractivity contribution in [3.05, 3.63) is 57.8 Å². The first-order valence-corrected chi connectivity index (χ1v) is 7.55. The first-order valence-electron chi connectivity index (χ1n) is 6.67. The predicted octanol–water partition coefficient (Wildman–Crippen LogP) is 4.33. The molecule has 1 atom stereocenters. The minimum absolute atomic E-state index is 0.212. The molecule has 0 fully saturated rings. The second kappa shape index (κ2) is 6.72. The Hall–Kier alpha value is -1.12. The van der Waals surface area contributed by atoms with Gasteiger partial charge < -0.3 is 5.73 Å². The summed E-state index contributed by atoms with van der Waals surface area (Å²) in [6.07, 6.45) is 4.45. The highest BCUT2D eigenvalue weighted by Crippen LogP contribution is 2.26. The van der Waals surface area contributed by atoms with Crippen LogP contribution in [-0.2, 0) is 12.8 Å². The van der Waals surface area contributed by atoms with E-state index in [4.69, 9.17) is 5.73 Å². The van der Waals surface area contributed by atoms with Gasteiger partial charge in [-0.2, -0.15) is 0 Å². The van der Waals surface area contributed by atoms with Crippen molar-refractivity contribution in [2.24, 2.45) is 5.73 Å². The summed E-state index contributed by atoms with van der Waals surface area (Å²) in [4.78, 5) is 1.38. The van der Waals surface area contributed by atoms with E-state index in [0.29, 0.717) is 0 Å². The van der Waals surface area contributed by atoms with Crippen molar-refractivity contribution in [2.45, 2.75) is 38.6 Å². The van der Waals surface area contributed by atoms with Gasteiger partial charge in [-0.05, 0) is 48.3 Å². The summed E-state index contributed by atoms with van der Waals surface area (Å²) in [5.74, 6) is 0. The van der Waals surface area contributed by atoms with Crippen LogP contribution in [0.15, 0.2) is 41.8 Å². The highest BCUT2D eigenvalue weighted by Gasteiger charge is 2.11. The van der Waals surface area contributed by atoms with Crippen LogP contribution in [-0.4, -0.2) is 0 Å². The molecule has 2 aromatic rings. The van der Waals surface area contributed by atoms with Gasteiger partial charge in [-0.15, -0.1) is 11.3 Å². The molecular formula is C16H21NS. The molecule has 0 aliphatic carbocycles. The van der Waals surface area contributed by atoms with Gasteiger partial charge >= 0.3 is 0 Å². The fourth-order valence-electron chi connectivity index (χ4n) is 2.27. The van der Waals surface area contributed by atoms with Crippen LogP contribution in [0.5, 0.6) is 0 Å². The summed E-state index contributed by atoms with van der Waals surface area (Å²) in [5, 5.41) is 2.16. The summed E-state index contributed by atoms with van der Waals surface area (Å²) >= 11 is 1.80. The number of hydrogen-bond donors (Lipinski definition) is 1. The number of nitrogens with two attached hydrogens (primary N) is 1. The van der Waals surface area contributed by atoms with E-state index in [-0.39, 0.29) is 6.04 Å². The lowest BCUT2D eigenvalue weighted by Gasteiger charge is -2.11. The van der Waals surface area contributed by atoms with Gasteiger partial charge in [0.25, 0.3) is 0 Å². The fraction of sp³-hybridized carbons (Fsp3) is 0.375. The number of thiophene rings is 1. The Morgan fingerprint density at radius 2 is 1.94 bits per heavy atom. The lowest BCUT2D eigenvalue weighted by molar-refractivity contribution is 0.616. The summed E-state index contributed by atoms with van der Waals surface area (Å²) in [6.45, 7) is 2.20. The van der Waals surface area contributed by atoms with Crippen molar-refractivity contribution in [1.29, 1.82) is 0 Å². The quantitative estimate of drug-likeness (QED) is 0.821. The molecule has 0 spiro atoms. The summed E-state index contributed by atoms with van der Waals surface area (Å²) in [6, 6.07) is 13.1. The van der Waals surface area contributed by atoms with Crippen LogP contribution >= 0.6 is 11.3 Å². The molecule has 1 heterocycles. The molecule has 1 aromatic carbocycles. The first kappa shape index (κ1) is 13.3. The molecule has 1 aromatic heterocycles. The molecule has 2 rings (SSSR count). The molecule has 0 saturated carbocycles. The van der Waals surface area contributed by atoms with E-state index < -0.39 is 0 Å². The Balaban J connectivity index is 1.84. The van der Waals surface area contributed by atoms with Crippen molar-refractivity contribution in [2.75, 3.05) is 0 Å². The molecule has 0 radical (unpaired) electrons. The van der Waals surface area contributed by atoms with Gasteiger partial charge in [0.1, 0.15) is 0 Å². The lowest BCUT2D eigenvalue weighted by Crippen LogP contribution is -2.10. The molecule has 0 aliphatic rings. The van der Waals surface area contributed by atoms with Crippen LogP contribution in [0.25, 0.3) is 0 Å². The van der Waals surface area contributed by atoms with Crippen LogP contribution in [0.2, 0.25) is 0 Å². The number of rotatable bonds is 6. The predicted molar refractivity (Wildman–Crippen MR) is 80.0 cm³/mol. The largest absolute Gasteiger partial charge is 0.323 e. The zero-order chi connectivity index (χ0) is 12.8. The highest BCUT2D eigenvalue weighted by molar-refractivity contribution is 7.10. The van der Waals surface area contributed by atoms with Crippen molar-refractivity contribution >= 4 is 11.3 Å². The second-order valence-corrected chi connectivity index (χ2v) is 5.60. The maximum Gasteiger partial charge on any atom is 0.0392 e. The Morgan fingerprint density at radius 3 is 2.67 bits per heavy atom. The van der Waals surface area contributed by atoms with Gasteiger partial charge in [-0.3, -0.25) is 0 Å². The van der Waals surface area contributed by atoms with Crippen molar-refractivity contribution in [3.8, 4) is 0 Å². The van der Waals surface area contributed by atoms with Gasteiger partial charge in [0.15, 0.2) is 0 Å². The monoisotopic (exact) mass is 259 g/mol. The molecule has 2 N–H and O–H groups in total. The van der Waals surface area contributed by atoms with Crippen LogP contribution in [0.3, 0.4) is 0 Å². The third-order valence-electron chi connectivity index (χ3n) is 3.32. The van der Waals surface area contributed by atoms with Crippen molar-refractivity contribution < 1.29 is 0 Å². The maximum atomic E-state index is 6.29. The van der Waals surface area contributed by atoms with E-state index in [0.717, 1.165) is 25.7 Å². The lowest BCUT2D eigenvalue weighted by atomic mass is 10.0. The van der Waals surface area contributed by atoms with E-state index in [2.05, 4.69) is 48.7 Å². The van der Waals surface area contributed by atoms with Gasteiger partial charge in [-0.25, -0.2) is 0 Å². The van der Waals surface area contributed by atoms with Crippen LogP contribution in [0.4, 0.5) is 0 Å². The molecule has 0 bridgehead atoms. The van der Waals surface area contributed by atoms with Gasteiger partial charge in [0, 0.05) is 10.9 Å². The number of hydrogen-bond acceptors (Lipinski definition) is 2. The van der Waals surface area contributed by atoms with Crippen LogP contribution in [0.1, 0.15) is 41.8 Å². The molecule has 0 amide bonds. The van der Waals surface area contributed by atoms with E-state index >= 15 is 0 Å². The topological polar surface area (TPSA) is 26.0 Å². The van der Waals surface area contributed by atoms with E-state index in [9.17, 15) is 0 Å². The van der Waals surface area contributed by atoms with Crippen molar-refractivity contribution in [1.82, 2.24) is 0 Å².